The van der Waals surface area contributed by atoms with Gasteiger partial charge >= 0.3 is 0 Å². The minimum Gasteiger partial charge on any atom is -0.493 e. The summed E-state index contributed by atoms with van der Waals surface area (Å²) in [6.45, 7) is 4.44. The molecule has 29 heavy (non-hydrogen) atoms. The molecular formula is C23H28N2O4. The molecule has 2 atom stereocenters. The van der Waals surface area contributed by atoms with Crippen LogP contribution in [-0.4, -0.2) is 32.6 Å². The van der Waals surface area contributed by atoms with Gasteiger partial charge in [0.1, 0.15) is 0 Å². The van der Waals surface area contributed by atoms with Crippen molar-refractivity contribution in [3.05, 3.63) is 53.1 Å². The Hall–Kier alpha value is -3.02. The lowest BCUT2D eigenvalue weighted by Crippen LogP contribution is -2.29. The molecule has 0 aromatic heterocycles. The fraction of sp³-hybridized carbons (Fsp3) is 0.391. The van der Waals surface area contributed by atoms with Crippen LogP contribution in [0.4, 0.5) is 5.69 Å². The molecule has 6 heteroatoms. The van der Waals surface area contributed by atoms with Crippen molar-refractivity contribution in [2.75, 3.05) is 26.1 Å². The van der Waals surface area contributed by atoms with E-state index >= 15 is 0 Å². The first-order chi connectivity index (χ1) is 13.9. The van der Waals surface area contributed by atoms with Crippen molar-refractivity contribution >= 4 is 17.5 Å². The number of rotatable bonds is 8. The molecule has 1 fully saturated rings. The number of anilines is 1. The third kappa shape index (κ3) is 4.88. The second-order valence-corrected chi connectivity index (χ2v) is 7.44. The van der Waals surface area contributed by atoms with Crippen molar-refractivity contribution in [3.63, 3.8) is 0 Å². The van der Waals surface area contributed by atoms with Crippen molar-refractivity contribution < 1.29 is 19.1 Å². The Kier molecular flexibility index (Phi) is 6.42. The first-order valence-corrected chi connectivity index (χ1v) is 9.80. The highest BCUT2D eigenvalue weighted by Gasteiger charge is 2.48. The molecule has 154 valence electrons. The summed E-state index contributed by atoms with van der Waals surface area (Å²) < 4.78 is 10.5. The second-order valence-electron chi connectivity index (χ2n) is 7.44. The van der Waals surface area contributed by atoms with Gasteiger partial charge < -0.3 is 20.1 Å². The van der Waals surface area contributed by atoms with E-state index in [1.54, 1.807) is 14.2 Å². The SMILES string of the molecule is COc1ccc(CCNC(=O)C2CC2C(=O)Nc2c(C)cccc2C)cc1OC. The summed E-state index contributed by atoms with van der Waals surface area (Å²) in [6.07, 6.45) is 1.27. The molecule has 0 heterocycles. The maximum atomic E-state index is 12.5. The number of methoxy groups -OCH3 is 2. The van der Waals surface area contributed by atoms with Crippen LogP contribution in [0.5, 0.6) is 11.5 Å². The molecule has 0 aliphatic heterocycles. The van der Waals surface area contributed by atoms with Crippen LogP contribution in [0.25, 0.3) is 0 Å². The average molecular weight is 396 g/mol. The van der Waals surface area contributed by atoms with E-state index in [9.17, 15) is 9.59 Å². The van der Waals surface area contributed by atoms with Crippen molar-refractivity contribution in [1.29, 1.82) is 0 Å². The number of hydrogen-bond acceptors (Lipinski definition) is 4. The number of aryl methyl sites for hydroxylation is 2. The topological polar surface area (TPSA) is 76.7 Å². The molecule has 0 radical (unpaired) electrons. The van der Waals surface area contributed by atoms with E-state index in [4.69, 9.17) is 9.47 Å². The van der Waals surface area contributed by atoms with Gasteiger partial charge in [-0.25, -0.2) is 0 Å². The van der Waals surface area contributed by atoms with Crippen LogP contribution in [0.1, 0.15) is 23.1 Å². The molecule has 2 aromatic rings. The van der Waals surface area contributed by atoms with E-state index in [0.717, 1.165) is 22.4 Å². The zero-order valence-corrected chi connectivity index (χ0v) is 17.4. The second kappa shape index (κ2) is 8.99. The number of hydrogen-bond donors (Lipinski definition) is 2. The number of nitrogens with one attached hydrogen (secondary N) is 2. The first-order valence-electron chi connectivity index (χ1n) is 9.80. The predicted molar refractivity (Wildman–Crippen MR) is 112 cm³/mol. The zero-order chi connectivity index (χ0) is 21.0. The fourth-order valence-electron chi connectivity index (χ4n) is 3.50. The van der Waals surface area contributed by atoms with Crippen LogP contribution in [0, 0.1) is 25.7 Å². The van der Waals surface area contributed by atoms with E-state index in [1.807, 2.05) is 50.2 Å². The Morgan fingerprint density at radius 3 is 2.28 bits per heavy atom. The molecule has 0 spiro atoms. The monoisotopic (exact) mass is 396 g/mol. The minimum absolute atomic E-state index is 0.0628. The molecule has 3 rings (SSSR count). The van der Waals surface area contributed by atoms with Crippen LogP contribution >= 0.6 is 0 Å². The van der Waals surface area contributed by atoms with Gasteiger partial charge in [0.05, 0.1) is 26.1 Å². The van der Waals surface area contributed by atoms with Crippen molar-refractivity contribution in [3.8, 4) is 11.5 Å². The first kappa shape index (κ1) is 20.7. The minimum atomic E-state index is -0.255. The Labute approximate surface area is 171 Å². The number of carbonyl (C=O) groups is 2. The smallest absolute Gasteiger partial charge is 0.228 e. The van der Waals surface area contributed by atoms with Crippen molar-refractivity contribution in [2.24, 2.45) is 11.8 Å². The van der Waals surface area contributed by atoms with Gasteiger partial charge in [-0.05, 0) is 55.5 Å². The standard InChI is InChI=1S/C23H28N2O4/c1-14-6-5-7-15(2)21(14)25-23(27)18-13-17(18)22(26)24-11-10-16-8-9-19(28-3)20(12-16)29-4/h5-9,12,17-18H,10-11,13H2,1-4H3,(H,24,26)(H,25,27). The lowest BCUT2D eigenvalue weighted by atomic mass is 10.1. The Balaban J connectivity index is 1.47. The van der Waals surface area contributed by atoms with Crippen LogP contribution < -0.4 is 20.1 Å². The molecule has 2 aromatic carbocycles. The fourth-order valence-corrected chi connectivity index (χ4v) is 3.50. The lowest BCUT2D eigenvalue weighted by molar-refractivity contribution is -0.125. The number of benzene rings is 2. The number of para-hydroxylation sites is 1. The summed E-state index contributed by atoms with van der Waals surface area (Å²) in [7, 11) is 3.19. The van der Waals surface area contributed by atoms with Crippen LogP contribution in [-0.2, 0) is 16.0 Å². The van der Waals surface area contributed by atoms with Gasteiger partial charge in [-0.15, -0.1) is 0 Å². The summed E-state index contributed by atoms with van der Waals surface area (Å²) in [5.74, 6) is 0.701. The van der Waals surface area contributed by atoms with E-state index in [-0.39, 0.29) is 23.7 Å². The van der Waals surface area contributed by atoms with Crippen LogP contribution in [0.15, 0.2) is 36.4 Å². The predicted octanol–water partition coefficient (Wildman–Crippen LogP) is 3.25. The zero-order valence-electron chi connectivity index (χ0n) is 17.4. The Bertz CT molecular complexity index is 889. The molecular weight excluding hydrogens is 368 g/mol. The summed E-state index contributed by atoms with van der Waals surface area (Å²) in [6, 6.07) is 11.6. The van der Waals surface area contributed by atoms with Crippen LogP contribution in [0.2, 0.25) is 0 Å². The summed E-state index contributed by atoms with van der Waals surface area (Å²) in [5.41, 5.74) is 3.94. The molecule has 1 aliphatic carbocycles. The number of ether oxygens (including phenoxy) is 2. The highest BCUT2D eigenvalue weighted by atomic mass is 16.5. The average Bonchev–Trinajstić information content (AvgIpc) is 3.51. The number of amides is 2. The highest BCUT2D eigenvalue weighted by molar-refractivity contribution is 6.00. The molecule has 2 amide bonds. The highest BCUT2D eigenvalue weighted by Crippen LogP contribution is 2.40. The third-order valence-electron chi connectivity index (χ3n) is 5.35. The van der Waals surface area contributed by atoms with E-state index in [0.29, 0.717) is 30.9 Å². The normalized spacial score (nSPS) is 17.4. The van der Waals surface area contributed by atoms with E-state index in [1.165, 1.54) is 0 Å². The summed E-state index contributed by atoms with van der Waals surface area (Å²) >= 11 is 0. The number of carbonyl (C=O) groups excluding carboxylic acids is 2. The van der Waals surface area contributed by atoms with E-state index in [2.05, 4.69) is 10.6 Å². The molecule has 2 unspecified atom stereocenters. The van der Waals surface area contributed by atoms with Gasteiger partial charge in [-0.1, -0.05) is 24.3 Å². The van der Waals surface area contributed by atoms with Gasteiger partial charge in [0.15, 0.2) is 11.5 Å². The summed E-state index contributed by atoms with van der Waals surface area (Å²) in [5, 5.41) is 5.93. The molecule has 1 aliphatic rings. The largest absolute Gasteiger partial charge is 0.493 e. The van der Waals surface area contributed by atoms with Crippen LogP contribution in [0.3, 0.4) is 0 Å². The molecule has 6 nitrogen and oxygen atoms in total. The van der Waals surface area contributed by atoms with Crippen molar-refractivity contribution in [2.45, 2.75) is 26.7 Å². The quantitative estimate of drug-likeness (QED) is 0.718. The summed E-state index contributed by atoms with van der Waals surface area (Å²) in [4.78, 5) is 24.9. The molecule has 2 N–H and O–H groups in total. The van der Waals surface area contributed by atoms with E-state index < -0.39 is 0 Å². The van der Waals surface area contributed by atoms with Gasteiger partial charge in [0, 0.05) is 12.2 Å². The van der Waals surface area contributed by atoms with Gasteiger partial charge in [-0.3, -0.25) is 9.59 Å². The molecule has 1 saturated carbocycles. The molecule has 0 saturated heterocycles. The van der Waals surface area contributed by atoms with Crippen molar-refractivity contribution in [1.82, 2.24) is 5.32 Å². The third-order valence-corrected chi connectivity index (χ3v) is 5.35. The van der Waals surface area contributed by atoms with Gasteiger partial charge in [0.2, 0.25) is 11.8 Å². The maximum Gasteiger partial charge on any atom is 0.228 e. The van der Waals surface area contributed by atoms with Gasteiger partial charge in [0.25, 0.3) is 0 Å². The molecule has 0 bridgehead atoms. The maximum absolute atomic E-state index is 12.5. The van der Waals surface area contributed by atoms with Gasteiger partial charge in [-0.2, -0.15) is 0 Å². The Morgan fingerprint density at radius 1 is 0.966 bits per heavy atom. The Morgan fingerprint density at radius 2 is 1.62 bits per heavy atom. The lowest BCUT2D eigenvalue weighted by Gasteiger charge is -2.11.